The van der Waals surface area contributed by atoms with Crippen molar-refractivity contribution in [2.75, 3.05) is 12.8 Å². The first-order valence-corrected chi connectivity index (χ1v) is 6.69. The molecule has 2 rings (SSSR count). The van der Waals surface area contributed by atoms with Crippen LogP contribution in [-0.4, -0.2) is 22.4 Å². The average Bonchev–Trinajstić information content (AvgIpc) is 2.47. The molecule has 0 saturated heterocycles. The number of nitrogens with two attached hydrogens (primary N) is 1. The third-order valence-electron chi connectivity index (χ3n) is 3.65. The second-order valence-electron chi connectivity index (χ2n) is 5.13. The van der Waals surface area contributed by atoms with E-state index in [1.165, 1.54) is 10.6 Å². The number of aromatic nitrogens is 1. The fourth-order valence-corrected chi connectivity index (χ4v) is 2.10. The Hall–Kier alpha value is -2.56. The van der Waals surface area contributed by atoms with Crippen molar-refractivity contribution >= 4 is 11.6 Å². The van der Waals surface area contributed by atoms with Crippen LogP contribution in [-0.2, 0) is 7.05 Å². The van der Waals surface area contributed by atoms with Gasteiger partial charge >= 0.3 is 0 Å². The summed E-state index contributed by atoms with van der Waals surface area (Å²) in [7, 11) is 3.36. The van der Waals surface area contributed by atoms with Crippen LogP contribution < -0.4 is 11.3 Å². The Labute approximate surface area is 123 Å². The molecule has 2 aromatic rings. The van der Waals surface area contributed by atoms with E-state index in [0.717, 1.165) is 5.56 Å². The highest BCUT2D eigenvalue weighted by atomic mass is 16.2. The molecular weight excluding hydrogens is 266 g/mol. The van der Waals surface area contributed by atoms with Gasteiger partial charge in [-0.1, -0.05) is 12.1 Å². The summed E-state index contributed by atoms with van der Waals surface area (Å²) < 4.78 is 1.43. The molecule has 1 atom stereocenters. The number of amides is 1. The minimum Gasteiger partial charge on any atom is -0.399 e. The number of hydrogen-bond donors (Lipinski definition) is 1. The van der Waals surface area contributed by atoms with Crippen LogP contribution in [0.2, 0.25) is 0 Å². The summed E-state index contributed by atoms with van der Waals surface area (Å²) in [6, 6.07) is 10.3. The Morgan fingerprint density at radius 1 is 1.29 bits per heavy atom. The van der Waals surface area contributed by atoms with Gasteiger partial charge in [-0.25, -0.2) is 0 Å². The van der Waals surface area contributed by atoms with Gasteiger partial charge in [-0.15, -0.1) is 0 Å². The van der Waals surface area contributed by atoms with E-state index < -0.39 is 0 Å². The first kappa shape index (κ1) is 14.8. The smallest absolute Gasteiger partial charge is 0.254 e. The minimum atomic E-state index is -0.203. The van der Waals surface area contributed by atoms with Crippen LogP contribution >= 0.6 is 0 Å². The number of benzene rings is 1. The number of hydrogen-bond acceptors (Lipinski definition) is 3. The number of carbonyl (C=O) groups is 1. The SMILES string of the molecule is CC(c1cccc(N)c1)N(C)C(=O)c1ccn(C)c(=O)c1. The molecule has 0 bridgehead atoms. The monoisotopic (exact) mass is 285 g/mol. The van der Waals surface area contributed by atoms with Crippen molar-refractivity contribution in [3.63, 3.8) is 0 Å². The second-order valence-corrected chi connectivity index (χ2v) is 5.13. The van der Waals surface area contributed by atoms with Gasteiger partial charge < -0.3 is 15.2 Å². The third kappa shape index (κ3) is 3.13. The Morgan fingerprint density at radius 3 is 2.62 bits per heavy atom. The van der Waals surface area contributed by atoms with E-state index in [1.807, 2.05) is 25.1 Å². The van der Waals surface area contributed by atoms with E-state index in [0.29, 0.717) is 11.3 Å². The number of rotatable bonds is 3. The molecule has 5 nitrogen and oxygen atoms in total. The molecule has 0 radical (unpaired) electrons. The maximum absolute atomic E-state index is 12.5. The van der Waals surface area contributed by atoms with E-state index in [1.54, 1.807) is 37.3 Å². The Balaban J connectivity index is 2.26. The zero-order valence-electron chi connectivity index (χ0n) is 12.4. The summed E-state index contributed by atoms with van der Waals surface area (Å²) in [6.45, 7) is 1.92. The van der Waals surface area contributed by atoms with Gasteiger partial charge in [0.1, 0.15) is 0 Å². The highest BCUT2D eigenvalue weighted by Gasteiger charge is 2.19. The summed E-state index contributed by atoms with van der Waals surface area (Å²) in [4.78, 5) is 25.7. The highest BCUT2D eigenvalue weighted by Crippen LogP contribution is 2.22. The Morgan fingerprint density at radius 2 is 2.00 bits per heavy atom. The van der Waals surface area contributed by atoms with Crippen LogP contribution in [0.4, 0.5) is 5.69 Å². The molecule has 21 heavy (non-hydrogen) atoms. The zero-order chi connectivity index (χ0) is 15.6. The fourth-order valence-electron chi connectivity index (χ4n) is 2.10. The lowest BCUT2D eigenvalue weighted by molar-refractivity contribution is 0.0742. The molecule has 1 heterocycles. The standard InChI is InChI=1S/C16H19N3O2/c1-11(12-5-4-6-14(17)9-12)19(3)16(21)13-7-8-18(2)15(20)10-13/h4-11H,17H2,1-3H3. The Kier molecular flexibility index (Phi) is 4.12. The van der Waals surface area contributed by atoms with E-state index in [-0.39, 0.29) is 17.5 Å². The fraction of sp³-hybridized carbons (Fsp3) is 0.250. The van der Waals surface area contributed by atoms with Gasteiger partial charge in [-0.05, 0) is 30.7 Å². The minimum absolute atomic E-state index is 0.134. The summed E-state index contributed by atoms with van der Waals surface area (Å²) in [5.41, 5.74) is 7.57. The van der Waals surface area contributed by atoms with Crippen LogP contribution in [0.1, 0.15) is 28.9 Å². The number of anilines is 1. The molecule has 1 aromatic heterocycles. The van der Waals surface area contributed by atoms with Gasteiger partial charge in [-0.3, -0.25) is 9.59 Å². The van der Waals surface area contributed by atoms with Crippen molar-refractivity contribution in [1.29, 1.82) is 0 Å². The van der Waals surface area contributed by atoms with Gasteiger partial charge in [0.05, 0.1) is 6.04 Å². The normalized spacial score (nSPS) is 12.0. The van der Waals surface area contributed by atoms with Gasteiger partial charge in [0.25, 0.3) is 11.5 Å². The average molecular weight is 285 g/mol. The summed E-state index contributed by atoms with van der Waals surface area (Å²) in [5.74, 6) is -0.192. The number of carbonyl (C=O) groups excluding carboxylic acids is 1. The van der Waals surface area contributed by atoms with Gasteiger partial charge in [0.15, 0.2) is 0 Å². The van der Waals surface area contributed by atoms with E-state index in [4.69, 9.17) is 5.73 Å². The summed E-state index contributed by atoms with van der Waals surface area (Å²) >= 11 is 0. The van der Waals surface area contributed by atoms with Crippen molar-refractivity contribution in [2.45, 2.75) is 13.0 Å². The van der Waals surface area contributed by atoms with Gasteiger partial charge in [0.2, 0.25) is 0 Å². The first-order valence-electron chi connectivity index (χ1n) is 6.69. The third-order valence-corrected chi connectivity index (χ3v) is 3.65. The van der Waals surface area contributed by atoms with Crippen LogP contribution in [0.3, 0.4) is 0 Å². The predicted octanol–water partition coefficient (Wildman–Crippen LogP) is 1.80. The lowest BCUT2D eigenvalue weighted by Gasteiger charge is -2.25. The lowest BCUT2D eigenvalue weighted by atomic mass is 10.1. The molecule has 0 aliphatic rings. The molecule has 110 valence electrons. The maximum Gasteiger partial charge on any atom is 0.254 e. The molecule has 0 aliphatic heterocycles. The van der Waals surface area contributed by atoms with Crippen molar-refractivity contribution < 1.29 is 4.79 Å². The quantitative estimate of drug-likeness (QED) is 0.874. The number of aryl methyl sites for hydroxylation is 1. The first-order chi connectivity index (χ1) is 9.90. The molecule has 0 fully saturated rings. The van der Waals surface area contributed by atoms with Gasteiger partial charge in [-0.2, -0.15) is 0 Å². The molecule has 1 aromatic carbocycles. The molecule has 0 saturated carbocycles. The number of nitrogens with zero attached hydrogens (tertiary/aromatic N) is 2. The van der Waals surface area contributed by atoms with Crippen LogP contribution in [0.15, 0.2) is 47.4 Å². The van der Waals surface area contributed by atoms with Crippen LogP contribution in [0.25, 0.3) is 0 Å². The van der Waals surface area contributed by atoms with Crippen molar-refractivity contribution in [3.05, 3.63) is 64.1 Å². The lowest BCUT2D eigenvalue weighted by Crippen LogP contribution is -2.31. The molecule has 2 N–H and O–H groups in total. The molecule has 1 unspecified atom stereocenters. The van der Waals surface area contributed by atoms with E-state index in [9.17, 15) is 9.59 Å². The van der Waals surface area contributed by atoms with Crippen molar-refractivity contribution in [1.82, 2.24) is 9.47 Å². The van der Waals surface area contributed by atoms with Crippen molar-refractivity contribution in [3.8, 4) is 0 Å². The topological polar surface area (TPSA) is 68.3 Å². The largest absolute Gasteiger partial charge is 0.399 e. The molecule has 0 spiro atoms. The Bertz CT molecular complexity index is 721. The number of nitrogen functional groups attached to an aromatic ring is 1. The molecule has 0 aliphatic carbocycles. The molecular formula is C16H19N3O2. The molecule has 5 heteroatoms. The van der Waals surface area contributed by atoms with E-state index in [2.05, 4.69) is 0 Å². The predicted molar refractivity (Wildman–Crippen MR) is 83.0 cm³/mol. The van der Waals surface area contributed by atoms with Gasteiger partial charge in [0, 0.05) is 37.6 Å². The van der Waals surface area contributed by atoms with E-state index >= 15 is 0 Å². The zero-order valence-corrected chi connectivity index (χ0v) is 12.4. The summed E-state index contributed by atoms with van der Waals surface area (Å²) in [6.07, 6.45) is 1.59. The van der Waals surface area contributed by atoms with Crippen LogP contribution in [0.5, 0.6) is 0 Å². The number of pyridine rings is 1. The highest BCUT2D eigenvalue weighted by molar-refractivity contribution is 5.94. The van der Waals surface area contributed by atoms with Crippen molar-refractivity contribution in [2.24, 2.45) is 7.05 Å². The summed E-state index contributed by atoms with van der Waals surface area (Å²) in [5, 5.41) is 0. The maximum atomic E-state index is 12.5. The second kappa shape index (κ2) is 5.83. The van der Waals surface area contributed by atoms with Crippen LogP contribution in [0, 0.1) is 0 Å². The molecule has 1 amide bonds.